The average Bonchev–Trinajstić information content (AvgIpc) is 2.75. The van der Waals surface area contributed by atoms with Crippen LogP contribution in [0.4, 0.5) is 5.95 Å². The number of aliphatic hydroxyl groups is 1. The summed E-state index contributed by atoms with van der Waals surface area (Å²) in [6.45, 7) is 0.338. The van der Waals surface area contributed by atoms with Crippen LogP contribution in [0.15, 0.2) is 42.5 Å². The number of rotatable bonds is 3. The van der Waals surface area contributed by atoms with E-state index in [0.717, 1.165) is 11.0 Å². The SMILES string of the molecule is C[n+]1c(N)n(C[C@@H](O)c2ccc(Cl)c(Cl)c2)c2ccccc21. The third-order valence-corrected chi connectivity index (χ3v) is 4.58. The Morgan fingerprint density at radius 2 is 1.91 bits per heavy atom. The number of hydrogen-bond donors (Lipinski definition) is 2. The standard InChI is InChI=1S/C16H15Cl2N3O/c1-20-13-4-2-3-5-14(13)21(16(20)19)9-15(22)10-6-7-11(17)12(18)8-10/h2-8,15,19,22H,9H2,1H3/p+1/t15-/m1/s1. The maximum atomic E-state index is 10.5. The summed E-state index contributed by atoms with van der Waals surface area (Å²) in [6.07, 6.45) is -0.729. The van der Waals surface area contributed by atoms with E-state index in [-0.39, 0.29) is 0 Å². The zero-order chi connectivity index (χ0) is 15.9. The van der Waals surface area contributed by atoms with Crippen LogP contribution < -0.4 is 10.3 Å². The first-order valence-electron chi connectivity index (χ1n) is 6.85. The maximum absolute atomic E-state index is 10.5. The van der Waals surface area contributed by atoms with Crippen LogP contribution in [-0.4, -0.2) is 9.67 Å². The molecule has 0 amide bonds. The number of halogens is 2. The number of para-hydroxylation sites is 2. The Bertz CT molecular complexity index is 845. The molecule has 3 rings (SSSR count). The van der Waals surface area contributed by atoms with Crippen molar-refractivity contribution >= 4 is 40.2 Å². The second-order valence-electron chi connectivity index (χ2n) is 5.21. The molecule has 2 aromatic carbocycles. The molecule has 0 saturated carbocycles. The summed E-state index contributed by atoms with van der Waals surface area (Å²) in [5, 5.41) is 11.4. The van der Waals surface area contributed by atoms with Crippen molar-refractivity contribution in [1.82, 2.24) is 4.57 Å². The number of anilines is 1. The van der Waals surface area contributed by atoms with Crippen molar-refractivity contribution in [2.45, 2.75) is 12.6 Å². The second-order valence-corrected chi connectivity index (χ2v) is 6.02. The van der Waals surface area contributed by atoms with Gasteiger partial charge in [-0.25, -0.2) is 9.13 Å². The van der Waals surface area contributed by atoms with E-state index in [1.165, 1.54) is 0 Å². The van der Waals surface area contributed by atoms with Gasteiger partial charge in [-0.2, -0.15) is 0 Å². The molecule has 0 aliphatic rings. The third kappa shape index (κ3) is 2.54. The molecule has 1 aromatic heterocycles. The van der Waals surface area contributed by atoms with Crippen LogP contribution in [0, 0.1) is 0 Å². The van der Waals surface area contributed by atoms with Crippen LogP contribution >= 0.6 is 23.2 Å². The molecular formula is C16H16Cl2N3O+. The van der Waals surface area contributed by atoms with E-state index in [0.29, 0.717) is 28.1 Å². The molecule has 0 saturated heterocycles. The molecule has 1 heterocycles. The minimum absolute atomic E-state index is 0.338. The average molecular weight is 337 g/mol. The number of aromatic nitrogens is 2. The zero-order valence-electron chi connectivity index (χ0n) is 12.0. The van der Waals surface area contributed by atoms with Crippen LogP contribution in [0.3, 0.4) is 0 Å². The Balaban J connectivity index is 1.99. The van der Waals surface area contributed by atoms with Gasteiger partial charge < -0.3 is 5.11 Å². The van der Waals surface area contributed by atoms with Crippen molar-refractivity contribution in [3.05, 3.63) is 58.1 Å². The number of hydrogen-bond acceptors (Lipinski definition) is 2. The summed E-state index contributed by atoms with van der Waals surface area (Å²) in [5.74, 6) is 0.584. The molecule has 0 fully saturated rings. The Morgan fingerprint density at radius 1 is 1.18 bits per heavy atom. The summed E-state index contributed by atoms with van der Waals surface area (Å²) in [5.41, 5.74) is 8.86. The van der Waals surface area contributed by atoms with Gasteiger partial charge in [0, 0.05) is 0 Å². The molecule has 22 heavy (non-hydrogen) atoms. The van der Waals surface area contributed by atoms with Crippen molar-refractivity contribution in [3.63, 3.8) is 0 Å². The van der Waals surface area contributed by atoms with E-state index in [1.807, 2.05) is 40.4 Å². The summed E-state index contributed by atoms with van der Waals surface area (Å²) < 4.78 is 3.79. The Morgan fingerprint density at radius 3 is 2.64 bits per heavy atom. The van der Waals surface area contributed by atoms with Crippen LogP contribution in [0.1, 0.15) is 11.7 Å². The maximum Gasteiger partial charge on any atom is 0.355 e. The largest absolute Gasteiger partial charge is 0.385 e. The van der Waals surface area contributed by atoms with E-state index in [4.69, 9.17) is 28.9 Å². The number of nitrogens with zero attached hydrogens (tertiary/aromatic N) is 2. The first-order valence-corrected chi connectivity index (χ1v) is 7.60. The normalized spacial score (nSPS) is 12.7. The highest BCUT2D eigenvalue weighted by molar-refractivity contribution is 6.42. The smallest absolute Gasteiger partial charge is 0.355 e. The van der Waals surface area contributed by atoms with E-state index >= 15 is 0 Å². The van der Waals surface area contributed by atoms with Crippen LogP contribution in [0.5, 0.6) is 0 Å². The second kappa shape index (κ2) is 5.80. The first kappa shape index (κ1) is 15.2. The van der Waals surface area contributed by atoms with Crippen LogP contribution in [-0.2, 0) is 13.6 Å². The van der Waals surface area contributed by atoms with Crippen molar-refractivity contribution in [2.24, 2.45) is 7.05 Å². The van der Waals surface area contributed by atoms with Gasteiger partial charge in [-0.05, 0) is 29.8 Å². The molecule has 1 atom stereocenters. The van der Waals surface area contributed by atoms with Crippen molar-refractivity contribution < 1.29 is 9.67 Å². The Hall–Kier alpha value is -1.75. The minimum Gasteiger partial charge on any atom is -0.385 e. The molecule has 4 nitrogen and oxygen atoms in total. The summed E-state index contributed by atoms with van der Waals surface area (Å²) in [7, 11) is 1.90. The molecule has 6 heteroatoms. The topological polar surface area (TPSA) is 55.1 Å². The van der Waals surface area contributed by atoms with Crippen molar-refractivity contribution in [2.75, 3.05) is 5.73 Å². The first-order chi connectivity index (χ1) is 10.5. The summed E-state index contributed by atoms with van der Waals surface area (Å²) >= 11 is 11.9. The van der Waals surface area contributed by atoms with E-state index in [2.05, 4.69) is 0 Å². The molecule has 114 valence electrons. The Labute approximate surface area is 138 Å². The van der Waals surface area contributed by atoms with E-state index in [1.54, 1.807) is 18.2 Å². The lowest BCUT2D eigenvalue weighted by atomic mass is 10.1. The van der Waals surface area contributed by atoms with Gasteiger partial charge in [0.1, 0.15) is 23.7 Å². The zero-order valence-corrected chi connectivity index (χ0v) is 13.5. The van der Waals surface area contributed by atoms with Gasteiger partial charge in [0.25, 0.3) is 0 Å². The fourth-order valence-corrected chi connectivity index (χ4v) is 2.90. The number of aliphatic hydroxyl groups excluding tert-OH is 1. The predicted octanol–water partition coefficient (Wildman–Crippen LogP) is 3.09. The fraction of sp³-hybridized carbons (Fsp3) is 0.188. The number of aryl methyl sites for hydroxylation is 1. The third-order valence-electron chi connectivity index (χ3n) is 3.84. The lowest BCUT2D eigenvalue weighted by molar-refractivity contribution is -0.630. The fourth-order valence-electron chi connectivity index (χ4n) is 2.59. The van der Waals surface area contributed by atoms with Crippen LogP contribution in [0.25, 0.3) is 11.0 Å². The highest BCUT2D eigenvalue weighted by Gasteiger charge is 2.21. The van der Waals surface area contributed by atoms with Gasteiger partial charge in [-0.15, -0.1) is 0 Å². The highest BCUT2D eigenvalue weighted by Crippen LogP contribution is 2.27. The molecule has 0 radical (unpaired) electrons. The molecule has 0 unspecified atom stereocenters. The number of imidazole rings is 1. The monoisotopic (exact) mass is 336 g/mol. The molecule has 0 aliphatic carbocycles. The summed E-state index contributed by atoms with van der Waals surface area (Å²) in [6, 6.07) is 13.0. The van der Waals surface area contributed by atoms with Crippen LogP contribution in [0.2, 0.25) is 10.0 Å². The quantitative estimate of drug-likeness (QED) is 0.722. The Kier molecular flexibility index (Phi) is 4.00. The summed E-state index contributed by atoms with van der Waals surface area (Å²) in [4.78, 5) is 0. The lowest BCUT2D eigenvalue weighted by Crippen LogP contribution is -2.31. The van der Waals surface area contributed by atoms with Gasteiger partial charge in [-0.1, -0.05) is 41.4 Å². The van der Waals surface area contributed by atoms with Gasteiger partial charge in [0.05, 0.1) is 17.1 Å². The van der Waals surface area contributed by atoms with E-state index < -0.39 is 6.10 Å². The number of benzene rings is 2. The predicted molar refractivity (Wildman–Crippen MR) is 88.9 cm³/mol. The lowest BCUT2D eigenvalue weighted by Gasteiger charge is -2.11. The number of fused-ring (bicyclic) bond motifs is 1. The molecule has 0 bridgehead atoms. The molecular weight excluding hydrogens is 321 g/mol. The van der Waals surface area contributed by atoms with Crippen molar-refractivity contribution in [1.29, 1.82) is 0 Å². The molecule has 3 N–H and O–H groups in total. The van der Waals surface area contributed by atoms with Gasteiger partial charge in [0.2, 0.25) is 0 Å². The van der Waals surface area contributed by atoms with Gasteiger partial charge in [-0.3, -0.25) is 5.73 Å². The van der Waals surface area contributed by atoms with Crippen molar-refractivity contribution in [3.8, 4) is 0 Å². The molecule has 0 spiro atoms. The van der Waals surface area contributed by atoms with E-state index in [9.17, 15) is 5.11 Å². The molecule has 0 aliphatic heterocycles. The molecule has 3 aromatic rings. The van der Waals surface area contributed by atoms with Gasteiger partial charge in [0.15, 0.2) is 0 Å². The number of nitrogen functional groups attached to an aromatic ring is 1. The number of nitrogens with two attached hydrogens (primary N) is 1. The minimum atomic E-state index is -0.729. The highest BCUT2D eigenvalue weighted by atomic mass is 35.5. The van der Waals surface area contributed by atoms with Gasteiger partial charge >= 0.3 is 5.95 Å².